The Balaban J connectivity index is 1.77. The minimum absolute atomic E-state index is 0.0394. The van der Waals surface area contributed by atoms with Gasteiger partial charge in [0.2, 0.25) is 5.91 Å². The lowest BCUT2D eigenvalue weighted by molar-refractivity contribution is -0.120. The number of methoxy groups -OCH3 is 3. The molecule has 0 bridgehead atoms. The topological polar surface area (TPSA) is 66.0 Å². The molecule has 0 aliphatic carbocycles. The molecule has 1 N–H and O–H groups in total. The lowest BCUT2D eigenvalue weighted by Gasteiger charge is -2.21. The van der Waals surface area contributed by atoms with Crippen molar-refractivity contribution in [1.29, 1.82) is 0 Å². The predicted octanol–water partition coefficient (Wildman–Crippen LogP) is 2.67. The summed E-state index contributed by atoms with van der Waals surface area (Å²) in [5, 5.41) is 3.65. The van der Waals surface area contributed by atoms with Crippen molar-refractivity contribution in [2.75, 3.05) is 46.8 Å². The van der Waals surface area contributed by atoms with Crippen LogP contribution in [0, 0.1) is 0 Å². The van der Waals surface area contributed by atoms with Gasteiger partial charge < -0.3 is 24.3 Å². The summed E-state index contributed by atoms with van der Waals surface area (Å²) in [4.78, 5) is 12.1. The smallest absolute Gasteiger partial charge is 0.220 e. The van der Waals surface area contributed by atoms with E-state index in [1.54, 1.807) is 33.5 Å². The summed E-state index contributed by atoms with van der Waals surface area (Å²) < 4.78 is 21.5. The third-order valence-corrected chi connectivity index (χ3v) is 5.75. The van der Waals surface area contributed by atoms with Crippen molar-refractivity contribution in [3.05, 3.63) is 17.7 Å². The van der Waals surface area contributed by atoms with Gasteiger partial charge in [0.25, 0.3) is 0 Å². The number of amides is 1. The van der Waals surface area contributed by atoms with Gasteiger partial charge in [-0.3, -0.25) is 4.79 Å². The molecule has 146 valence electrons. The van der Waals surface area contributed by atoms with Crippen LogP contribution in [0.25, 0.3) is 0 Å². The van der Waals surface area contributed by atoms with Gasteiger partial charge in [-0.25, -0.2) is 0 Å². The van der Waals surface area contributed by atoms with Crippen LogP contribution in [0.3, 0.4) is 0 Å². The minimum Gasteiger partial charge on any atom is -0.496 e. The maximum absolute atomic E-state index is 12.1. The Bertz CT molecular complexity index is 550. The van der Waals surface area contributed by atoms with Gasteiger partial charge in [-0.2, -0.15) is 11.8 Å². The Morgan fingerprint density at radius 1 is 1.15 bits per heavy atom. The average molecular weight is 384 g/mol. The number of carbonyl (C=O) groups excluding carboxylic acids is 1. The van der Waals surface area contributed by atoms with Crippen LogP contribution in [0.15, 0.2) is 12.1 Å². The molecule has 1 aromatic carbocycles. The fourth-order valence-corrected chi connectivity index (χ4v) is 3.99. The van der Waals surface area contributed by atoms with Gasteiger partial charge in [0.05, 0.1) is 21.3 Å². The molecule has 0 aromatic heterocycles. The molecule has 7 heteroatoms. The molecule has 1 saturated heterocycles. The van der Waals surface area contributed by atoms with Gasteiger partial charge in [-0.05, 0) is 19.3 Å². The zero-order valence-corrected chi connectivity index (χ0v) is 16.7. The molecule has 1 amide bonds. The third-order valence-electron chi connectivity index (χ3n) is 4.37. The molecule has 0 saturated carbocycles. The first-order chi connectivity index (χ1) is 12.7. The first kappa shape index (κ1) is 20.7. The highest BCUT2D eigenvalue weighted by Gasteiger charge is 2.16. The van der Waals surface area contributed by atoms with E-state index < -0.39 is 0 Å². The Morgan fingerprint density at radius 3 is 2.38 bits per heavy atom. The van der Waals surface area contributed by atoms with E-state index in [4.69, 9.17) is 18.9 Å². The second-order valence-corrected chi connectivity index (χ2v) is 7.45. The zero-order valence-electron chi connectivity index (χ0n) is 15.8. The number of benzene rings is 1. The van der Waals surface area contributed by atoms with Gasteiger partial charge in [-0.15, -0.1) is 0 Å². The Hall–Kier alpha value is -1.60. The molecule has 1 fully saturated rings. The van der Waals surface area contributed by atoms with E-state index in [0.717, 1.165) is 37.4 Å². The normalized spacial score (nSPS) is 14.7. The second kappa shape index (κ2) is 11.2. The predicted molar refractivity (Wildman–Crippen MR) is 104 cm³/mol. The van der Waals surface area contributed by atoms with E-state index in [9.17, 15) is 4.79 Å². The van der Waals surface area contributed by atoms with E-state index in [-0.39, 0.29) is 5.91 Å². The monoisotopic (exact) mass is 383 g/mol. The summed E-state index contributed by atoms with van der Waals surface area (Å²) in [6.07, 6.45) is 3.15. The van der Waals surface area contributed by atoms with Gasteiger partial charge in [0, 0.05) is 54.9 Å². The Labute approximate surface area is 159 Å². The van der Waals surface area contributed by atoms with E-state index in [1.807, 2.05) is 11.8 Å². The van der Waals surface area contributed by atoms with E-state index in [1.165, 1.54) is 0 Å². The van der Waals surface area contributed by atoms with Crippen molar-refractivity contribution in [2.24, 2.45) is 0 Å². The molecule has 2 rings (SSSR count). The largest absolute Gasteiger partial charge is 0.496 e. The summed E-state index contributed by atoms with van der Waals surface area (Å²) >= 11 is 1.92. The molecular formula is C19H29NO5S. The molecule has 1 aliphatic heterocycles. The minimum atomic E-state index is 0.0394. The lowest BCUT2D eigenvalue weighted by atomic mass is 10.1. The number of rotatable bonds is 10. The molecule has 0 unspecified atom stereocenters. The van der Waals surface area contributed by atoms with Gasteiger partial charge in [0.15, 0.2) is 0 Å². The molecule has 1 aliphatic rings. The number of carbonyl (C=O) groups is 1. The zero-order chi connectivity index (χ0) is 18.8. The highest BCUT2D eigenvalue weighted by Crippen LogP contribution is 2.34. The van der Waals surface area contributed by atoms with Crippen LogP contribution in [0.5, 0.6) is 17.2 Å². The Morgan fingerprint density at radius 2 is 1.81 bits per heavy atom. The highest BCUT2D eigenvalue weighted by atomic mass is 32.2. The first-order valence-electron chi connectivity index (χ1n) is 8.92. The van der Waals surface area contributed by atoms with Gasteiger partial charge in [0.1, 0.15) is 17.2 Å². The summed E-state index contributed by atoms with van der Waals surface area (Å²) in [7, 11) is 4.80. The van der Waals surface area contributed by atoms with Crippen molar-refractivity contribution in [1.82, 2.24) is 5.32 Å². The Kier molecular flexibility index (Phi) is 8.91. The third kappa shape index (κ3) is 6.29. The molecule has 26 heavy (non-hydrogen) atoms. The molecule has 0 atom stereocenters. The van der Waals surface area contributed by atoms with Crippen LogP contribution >= 0.6 is 11.8 Å². The number of thioether (sulfide) groups is 1. The summed E-state index contributed by atoms with van der Waals surface area (Å²) in [5.41, 5.74) is 0.877. The van der Waals surface area contributed by atoms with Crippen molar-refractivity contribution < 1.29 is 23.7 Å². The van der Waals surface area contributed by atoms with Crippen molar-refractivity contribution in [3.8, 4) is 17.2 Å². The molecular weight excluding hydrogens is 354 g/mol. The molecule has 1 heterocycles. The summed E-state index contributed by atoms with van der Waals surface area (Å²) in [6.45, 7) is 2.41. The molecule has 6 nitrogen and oxygen atoms in total. The van der Waals surface area contributed by atoms with Crippen LogP contribution in [-0.2, 0) is 16.0 Å². The van der Waals surface area contributed by atoms with Crippen LogP contribution in [0.2, 0.25) is 0 Å². The fraction of sp³-hybridized carbons (Fsp3) is 0.632. The maximum atomic E-state index is 12.1. The number of nitrogens with one attached hydrogen (secondary N) is 1. The lowest BCUT2D eigenvalue weighted by Crippen LogP contribution is -2.27. The summed E-state index contributed by atoms with van der Waals surface area (Å²) in [6, 6.07) is 3.61. The number of hydrogen-bond donors (Lipinski definition) is 1. The van der Waals surface area contributed by atoms with Crippen LogP contribution in [0.4, 0.5) is 0 Å². The van der Waals surface area contributed by atoms with Gasteiger partial charge >= 0.3 is 0 Å². The van der Waals surface area contributed by atoms with E-state index >= 15 is 0 Å². The van der Waals surface area contributed by atoms with E-state index in [0.29, 0.717) is 41.9 Å². The average Bonchev–Trinajstić information content (AvgIpc) is 2.69. The second-order valence-electron chi connectivity index (χ2n) is 6.04. The van der Waals surface area contributed by atoms with Crippen LogP contribution < -0.4 is 19.5 Å². The number of ether oxygens (including phenoxy) is 4. The van der Waals surface area contributed by atoms with Crippen LogP contribution in [0.1, 0.15) is 24.8 Å². The maximum Gasteiger partial charge on any atom is 0.220 e. The molecule has 0 radical (unpaired) electrons. The molecule has 0 spiro atoms. The first-order valence-corrected chi connectivity index (χ1v) is 9.97. The van der Waals surface area contributed by atoms with Gasteiger partial charge in [-0.1, -0.05) is 0 Å². The van der Waals surface area contributed by atoms with E-state index in [2.05, 4.69) is 5.32 Å². The highest BCUT2D eigenvalue weighted by molar-refractivity contribution is 7.99. The van der Waals surface area contributed by atoms with Crippen molar-refractivity contribution in [3.63, 3.8) is 0 Å². The standard InChI is InChI=1S/C19H29NO5S/c1-22-14-12-17(23-2)16(18(13-14)24-3)4-5-19(21)20-8-11-26-15-6-9-25-10-7-15/h12-13,15H,4-11H2,1-3H3,(H,20,21). The SMILES string of the molecule is COc1cc(OC)c(CCC(=O)NCCSC2CCOCC2)c(OC)c1. The van der Waals surface area contributed by atoms with Crippen molar-refractivity contribution in [2.45, 2.75) is 30.9 Å². The quantitative estimate of drug-likeness (QED) is 0.627. The van der Waals surface area contributed by atoms with Crippen molar-refractivity contribution >= 4 is 17.7 Å². The fourth-order valence-electron chi connectivity index (χ4n) is 2.91. The molecule has 1 aromatic rings. The van der Waals surface area contributed by atoms with Crippen LogP contribution in [-0.4, -0.2) is 58.0 Å². The number of hydrogen-bond acceptors (Lipinski definition) is 6. The summed E-state index contributed by atoms with van der Waals surface area (Å²) in [5.74, 6) is 2.98.